The quantitative estimate of drug-likeness (QED) is 0.0789. The zero-order chi connectivity index (χ0) is 34.7. The van der Waals surface area contributed by atoms with Crippen LogP contribution in [0, 0.1) is 5.41 Å². The van der Waals surface area contributed by atoms with Crippen molar-refractivity contribution in [3.8, 4) is 5.75 Å². The van der Waals surface area contributed by atoms with E-state index in [1.54, 1.807) is 26.8 Å². The Kier molecular flexibility index (Phi) is 10.6. The Morgan fingerprint density at radius 2 is 1.13 bits per heavy atom. The van der Waals surface area contributed by atoms with Gasteiger partial charge in [-0.3, -0.25) is 9.59 Å². The fourth-order valence-electron chi connectivity index (χ4n) is 5.33. The fourth-order valence-corrected chi connectivity index (χ4v) is 5.33. The number of Topliss-reactive ketones (excluding diaryl/α,β-unsaturated/α-hetero) is 1. The number of phenolic OH excluding ortho intramolecular Hbond substituents is 1. The molecule has 0 aliphatic carbocycles. The first kappa shape index (κ1) is 36.4. The van der Waals surface area contributed by atoms with Crippen molar-refractivity contribution in [2.24, 2.45) is 5.41 Å². The highest BCUT2D eigenvalue weighted by Gasteiger charge is 2.72. The Morgan fingerprint density at radius 1 is 0.674 bits per heavy atom. The summed E-state index contributed by atoms with van der Waals surface area (Å²) in [5.41, 5.74) is -7.41. The molecule has 3 aromatic carbocycles. The standard InChI is InChI=1S/C35H40F6N2O3/c1-7-31(5,8-2)29(45)22-11-15-24(16-12-22)33(34(36,37)38,35(39,40)41)25-17-13-23(14-18-25)30(46)42-27-21-26(19-20-28(27)44)43-32(6,9-3)10-4/h11-21,43-44H,7-10H2,1-6H3,(H,42,46). The average Bonchev–Trinajstić information content (AvgIpc) is 3.01. The number of phenols is 1. The van der Waals surface area contributed by atoms with Crippen LogP contribution in [0.3, 0.4) is 0 Å². The van der Waals surface area contributed by atoms with Gasteiger partial charge in [0.15, 0.2) is 5.78 Å². The number of halogens is 6. The van der Waals surface area contributed by atoms with Crippen molar-refractivity contribution >= 4 is 23.1 Å². The SMILES string of the molecule is CCC(C)(CC)Nc1ccc(O)c(NC(=O)c2ccc(C(c3ccc(C(=O)C(C)(CC)CC)cc3)(C(F)(F)F)C(F)(F)F)cc2)c1. The zero-order valence-electron chi connectivity index (χ0n) is 26.7. The number of anilines is 2. The summed E-state index contributed by atoms with van der Waals surface area (Å²) >= 11 is 0. The molecule has 0 fully saturated rings. The number of rotatable bonds is 12. The van der Waals surface area contributed by atoms with Gasteiger partial charge in [0.1, 0.15) is 5.75 Å². The van der Waals surface area contributed by atoms with Gasteiger partial charge in [0, 0.05) is 27.8 Å². The smallest absolute Gasteiger partial charge is 0.411 e. The maximum atomic E-state index is 14.7. The van der Waals surface area contributed by atoms with Crippen molar-refractivity contribution < 1.29 is 41.0 Å². The molecule has 0 atom stereocenters. The molecular weight excluding hydrogens is 610 g/mol. The van der Waals surface area contributed by atoms with Crippen molar-refractivity contribution in [3.05, 3.63) is 89.0 Å². The van der Waals surface area contributed by atoms with E-state index >= 15 is 0 Å². The molecule has 0 spiro atoms. The Balaban J connectivity index is 2.02. The molecule has 0 saturated carbocycles. The van der Waals surface area contributed by atoms with Crippen LogP contribution < -0.4 is 10.6 Å². The van der Waals surface area contributed by atoms with Crippen molar-refractivity contribution in [1.29, 1.82) is 0 Å². The normalized spacial score (nSPS) is 13.0. The summed E-state index contributed by atoms with van der Waals surface area (Å²) in [6.45, 7) is 11.3. The van der Waals surface area contributed by atoms with Crippen LogP contribution in [0.4, 0.5) is 37.7 Å². The van der Waals surface area contributed by atoms with Crippen LogP contribution in [0.25, 0.3) is 0 Å². The third-order valence-corrected chi connectivity index (χ3v) is 9.37. The topological polar surface area (TPSA) is 78.4 Å². The number of carbonyl (C=O) groups excluding carboxylic acids is 2. The molecule has 1 amide bonds. The Hall–Kier alpha value is -4.02. The fraction of sp³-hybridized carbons (Fsp3) is 0.429. The minimum atomic E-state index is -5.84. The van der Waals surface area contributed by atoms with Crippen LogP contribution in [-0.2, 0) is 5.41 Å². The average molecular weight is 651 g/mol. The van der Waals surface area contributed by atoms with Gasteiger partial charge in [0.25, 0.3) is 5.91 Å². The second-order valence-electron chi connectivity index (χ2n) is 12.1. The van der Waals surface area contributed by atoms with E-state index in [0.717, 1.165) is 37.1 Å². The summed E-state index contributed by atoms with van der Waals surface area (Å²) in [7, 11) is 0. The van der Waals surface area contributed by atoms with Crippen molar-refractivity contribution in [3.63, 3.8) is 0 Å². The molecule has 0 aliphatic heterocycles. The van der Waals surface area contributed by atoms with Gasteiger partial charge in [0.05, 0.1) is 5.69 Å². The maximum absolute atomic E-state index is 14.7. The monoisotopic (exact) mass is 650 g/mol. The van der Waals surface area contributed by atoms with Gasteiger partial charge in [-0.25, -0.2) is 0 Å². The highest BCUT2D eigenvalue weighted by Crippen LogP contribution is 2.56. The van der Waals surface area contributed by atoms with Gasteiger partial charge in [0.2, 0.25) is 5.41 Å². The van der Waals surface area contributed by atoms with Gasteiger partial charge in [-0.05, 0) is 74.1 Å². The summed E-state index contributed by atoms with van der Waals surface area (Å²) in [5, 5.41) is 16.1. The molecule has 0 aromatic heterocycles. The molecule has 250 valence electrons. The number of ketones is 1. The Labute approximate surface area is 265 Å². The van der Waals surface area contributed by atoms with Crippen LogP contribution in [0.5, 0.6) is 5.75 Å². The number of alkyl halides is 6. The van der Waals surface area contributed by atoms with E-state index in [-0.39, 0.29) is 33.9 Å². The molecule has 0 unspecified atom stereocenters. The predicted octanol–water partition coefficient (Wildman–Crippen LogP) is 10.1. The van der Waals surface area contributed by atoms with E-state index in [1.807, 2.05) is 20.8 Å². The second-order valence-corrected chi connectivity index (χ2v) is 12.1. The lowest BCUT2D eigenvalue weighted by molar-refractivity contribution is -0.288. The molecule has 0 radical (unpaired) electrons. The van der Waals surface area contributed by atoms with E-state index in [2.05, 4.69) is 10.6 Å². The maximum Gasteiger partial charge on any atom is 0.411 e. The molecule has 0 saturated heterocycles. The third-order valence-electron chi connectivity index (χ3n) is 9.37. The number of aromatic hydroxyl groups is 1. The van der Waals surface area contributed by atoms with Crippen molar-refractivity contribution in [2.45, 2.75) is 90.5 Å². The lowest BCUT2D eigenvalue weighted by Gasteiger charge is -2.38. The largest absolute Gasteiger partial charge is 0.506 e. The van der Waals surface area contributed by atoms with Crippen molar-refractivity contribution in [1.82, 2.24) is 0 Å². The number of nitrogens with one attached hydrogen (secondary N) is 2. The molecule has 0 aliphatic rings. The number of benzene rings is 3. The molecule has 46 heavy (non-hydrogen) atoms. The Bertz CT molecular complexity index is 1510. The Morgan fingerprint density at radius 3 is 1.54 bits per heavy atom. The van der Waals surface area contributed by atoms with E-state index in [1.165, 1.54) is 12.1 Å². The second kappa shape index (κ2) is 13.4. The first-order valence-corrected chi connectivity index (χ1v) is 15.1. The van der Waals surface area contributed by atoms with Crippen LogP contribution in [0.15, 0.2) is 66.7 Å². The molecular formula is C35H40F6N2O3. The van der Waals surface area contributed by atoms with Gasteiger partial charge in [-0.1, -0.05) is 71.0 Å². The zero-order valence-corrected chi connectivity index (χ0v) is 26.7. The van der Waals surface area contributed by atoms with Gasteiger partial charge < -0.3 is 15.7 Å². The number of amides is 1. The lowest BCUT2D eigenvalue weighted by Crippen LogP contribution is -2.54. The molecule has 0 heterocycles. The van der Waals surface area contributed by atoms with Crippen molar-refractivity contribution in [2.75, 3.05) is 10.6 Å². The molecule has 5 nitrogen and oxygen atoms in total. The van der Waals surface area contributed by atoms with E-state index < -0.39 is 40.2 Å². The summed E-state index contributed by atoms with van der Waals surface area (Å²) in [6, 6.07) is 10.8. The molecule has 11 heteroatoms. The van der Waals surface area contributed by atoms with E-state index in [4.69, 9.17) is 0 Å². The minimum absolute atomic E-state index is 0.00504. The minimum Gasteiger partial charge on any atom is -0.506 e. The van der Waals surface area contributed by atoms with Crippen LogP contribution >= 0.6 is 0 Å². The van der Waals surface area contributed by atoms with Crippen LogP contribution in [0.2, 0.25) is 0 Å². The van der Waals surface area contributed by atoms with E-state index in [9.17, 15) is 41.0 Å². The highest BCUT2D eigenvalue weighted by molar-refractivity contribution is 6.05. The summed E-state index contributed by atoms with van der Waals surface area (Å²) < 4.78 is 88.2. The third kappa shape index (κ3) is 6.88. The summed E-state index contributed by atoms with van der Waals surface area (Å²) in [6.07, 6.45) is -9.22. The molecule has 3 N–H and O–H groups in total. The van der Waals surface area contributed by atoms with Gasteiger partial charge in [-0.2, -0.15) is 26.3 Å². The van der Waals surface area contributed by atoms with E-state index in [0.29, 0.717) is 42.8 Å². The molecule has 3 rings (SSSR count). The van der Waals surface area contributed by atoms with Gasteiger partial charge >= 0.3 is 12.4 Å². The predicted molar refractivity (Wildman–Crippen MR) is 167 cm³/mol. The first-order valence-electron chi connectivity index (χ1n) is 15.1. The lowest BCUT2D eigenvalue weighted by atomic mass is 9.72. The van der Waals surface area contributed by atoms with Crippen LogP contribution in [0.1, 0.15) is 99.1 Å². The number of hydrogen-bond acceptors (Lipinski definition) is 4. The van der Waals surface area contributed by atoms with Gasteiger partial charge in [-0.15, -0.1) is 0 Å². The number of carbonyl (C=O) groups is 2. The molecule has 3 aromatic rings. The first-order chi connectivity index (χ1) is 21.3. The highest BCUT2D eigenvalue weighted by atomic mass is 19.4. The molecule has 0 bridgehead atoms. The summed E-state index contributed by atoms with van der Waals surface area (Å²) in [5.74, 6) is -1.50. The van der Waals surface area contributed by atoms with Crippen LogP contribution in [-0.4, -0.2) is 34.7 Å². The number of hydrogen-bond donors (Lipinski definition) is 3. The summed E-state index contributed by atoms with van der Waals surface area (Å²) in [4.78, 5) is 26.0.